The van der Waals surface area contributed by atoms with E-state index in [4.69, 9.17) is 4.42 Å². The maximum Gasteiger partial charge on any atom is 0.346 e. The van der Waals surface area contributed by atoms with E-state index >= 15 is 0 Å². The van der Waals surface area contributed by atoms with E-state index in [1.807, 2.05) is 37.3 Å². The largest absolute Gasteiger partial charge is 0.422 e. The fourth-order valence-corrected chi connectivity index (χ4v) is 3.95. The van der Waals surface area contributed by atoms with Crippen molar-refractivity contribution < 1.29 is 4.42 Å². The Morgan fingerprint density at radius 1 is 1.27 bits per heavy atom. The molecule has 0 saturated carbocycles. The monoisotopic (exact) mass is 366 g/mol. The van der Waals surface area contributed by atoms with E-state index in [1.54, 1.807) is 6.08 Å². The van der Waals surface area contributed by atoms with Crippen molar-refractivity contribution in [3.05, 3.63) is 57.9 Å². The lowest BCUT2D eigenvalue weighted by Gasteiger charge is -2.20. The lowest BCUT2D eigenvalue weighted by Crippen LogP contribution is -2.21. The molecule has 0 aliphatic heterocycles. The highest BCUT2D eigenvalue weighted by molar-refractivity contribution is 7.16. The first-order chi connectivity index (χ1) is 12.6. The van der Waals surface area contributed by atoms with Crippen molar-refractivity contribution in [2.45, 2.75) is 20.8 Å². The second-order valence-corrected chi connectivity index (χ2v) is 6.85. The fraction of sp³-hybridized carbons (Fsp3) is 0.238. The second-order valence-electron chi connectivity index (χ2n) is 5.81. The van der Waals surface area contributed by atoms with E-state index in [0.717, 1.165) is 34.7 Å². The van der Waals surface area contributed by atoms with Crippen molar-refractivity contribution in [2.24, 2.45) is 0 Å². The zero-order valence-electron chi connectivity index (χ0n) is 15.3. The highest BCUT2D eigenvalue weighted by Gasteiger charge is 2.15. The molecule has 134 valence electrons. The summed E-state index contributed by atoms with van der Waals surface area (Å²) < 4.78 is 5.61. The van der Waals surface area contributed by atoms with Crippen LogP contribution >= 0.6 is 11.3 Å². The molecular weight excluding hydrogens is 344 g/mol. The third-order valence-electron chi connectivity index (χ3n) is 4.27. The minimum absolute atomic E-state index is 0.370. The number of fused-ring (bicyclic) bond motifs is 1. The maximum absolute atomic E-state index is 12.6. The molecule has 0 bridgehead atoms. The van der Waals surface area contributed by atoms with Gasteiger partial charge in [0.2, 0.25) is 0 Å². The zero-order valence-corrected chi connectivity index (χ0v) is 16.1. The molecule has 3 aromatic rings. The number of aromatic nitrogens is 1. The summed E-state index contributed by atoms with van der Waals surface area (Å²) >= 11 is 1.46. The summed E-state index contributed by atoms with van der Waals surface area (Å²) in [6.07, 6.45) is 5.62. The van der Waals surface area contributed by atoms with Crippen LogP contribution in [0.25, 0.3) is 33.7 Å². The Balaban J connectivity index is 2.11. The standard InChI is InChI=1S/C21H22N2O2S/c1-5-9-19-17(6-2)22-20(26-19)16-12-14-10-11-15(23(7-3)8-4)13-18(14)25-21(16)24/h5-6,9-13H,2,7-8H2,1,3-4H3. The minimum Gasteiger partial charge on any atom is -0.422 e. The Labute approximate surface area is 157 Å². The van der Waals surface area contributed by atoms with Gasteiger partial charge in [-0.15, -0.1) is 11.3 Å². The smallest absolute Gasteiger partial charge is 0.346 e. The third kappa shape index (κ3) is 3.35. The summed E-state index contributed by atoms with van der Waals surface area (Å²) in [5, 5.41) is 1.54. The van der Waals surface area contributed by atoms with Gasteiger partial charge >= 0.3 is 5.63 Å². The van der Waals surface area contributed by atoms with Crippen molar-refractivity contribution in [1.29, 1.82) is 0 Å². The predicted molar refractivity (Wildman–Crippen MR) is 112 cm³/mol. The van der Waals surface area contributed by atoms with E-state index in [0.29, 0.717) is 16.2 Å². The number of rotatable bonds is 6. The summed E-state index contributed by atoms with van der Waals surface area (Å²) in [6, 6.07) is 7.83. The van der Waals surface area contributed by atoms with Gasteiger partial charge in [0.15, 0.2) is 0 Å². The molecule has 0 atom stereocenters. The first-order valence-corrected chi connectivity index (χ1v) is 9.52. The molecule has 5 heteroatoms. The minimum atomic E-state index is -0.370. The van der Waals surface area contributed by atoms with Gasteiger partial charge in [-0.2, -0.15) is 0 Å². The molecule has 2 heterocycles. The number of hydrogen-bond donors (Lipinski definition) is 0. The van der Waals surface area contributed by atoms with Crippen LogP contribution in [0.5, 0.6) is 0 Å². The quantitative estimate of drug-likeness (QED) is 0.545. The molecule has 0 aliphatic carbocycles. The van der Waals surface area contributed by atoms with Gasteiger partial charge in [0.05, 0.1) is 16.1 Å². The third-order valence-corrected chi connectivity index (χ3v) is 5.34. The van der Waals surface area contributed by atoms with Gasteiger partial charge in [0.1, 0.15) is 10.6 Å². The van der Waals surface area contributed by atoms with Crippen molar-refractivity contribution in [1.82, 2.24) is 4.98 Å². The normalized spacial score (nSPS) is 11.3. The SMILES string of the molecule is C=Cc1nc(-c2cc3ccc(N(CC)CC)cc3oc2=O)sc1C=CC. The molecule has 2 aromatic heterocycles. The second kappa shape index (κ2) is 7.70. The summed E-state index contributed by atoms with van der Waals surface area (Å²) in [7, 11) is 0. The first-order valence-electron chi connectivity index (χ1n) is 8.70. The van der Waals surface area contributed by atoms with E-state index in [1.165, 1.54) is 11.3 Å². The van der Waals surface area contributed by atoms with Gasteiger partial charge in [0, 0.05) is 30.2 Å². The van der Waals surface area contributed by atoms with E-state index < -0.39 is 0 Å². The van der Waals surface area contributed by atoms with Crippen LogP contribution < -0.4 is 10.5 Å². The molecule has 3 rings (SSSR count). The van der Waals surface area contributed by atoms with Crippen molar-refractivity contribution in [2.75, 3.05) is 18.0 Å². The predicted octanol–water partition coefficient (Wildman–Crippen LogP) is 5.44. The van der Waals surface area contributed by atoms with Gasteiger partial charge in [-0.3, -0.25) is 0 Å². The van der Waals surface area contributed by atoms with Gasteiger partial charge in [-0.25, -0.2) is 9.78 Å². The average Bonchev–Trinajstić information content (AvgIpc) is 3.05. The number of thiazole rings is 1. The first kappa shape index (κ1) is 18.1. The molecule has 4 nitrogen and oxygen atoms in total. The lowest BCUT2D eigenvalue weighted by atomic mass is 10.1. The summed E-state index contributed by atoms with van der Waals surface area (Å²) in [5.41, 5.74) is 2.54. The van der Waals surface area contributed by atoms with Crippen LogP contribution in [0.4, 0.5) is 5.69 Å². The Morgan fingerprint density at radius 3 is 2.69 bits per heavy atom. The molecule has 0 spiro atoms. The number of anilines is 1. The lowest BCUT2D eigenvalue weighted by molar-refractivity contribution is 0.563. The molecule has 0 saturated heterocycles. The number of allylic oxidation sites excluding steroid dienone is 1. The van der Waals surface area contributed by atoms with Crippen LogP contribution in [0.1, 0.15) is 31.3 Å². The van der Waals surface area contributed by atoms with Gasteiger partial charge < -0.3 is 9.32 Å². The van der Waals surface area contributed by atoms with Crippen LogP contribution in [0.15, 0.2) is 46.1 Å². The highest BCUT2D eigenvalue weighted by atomic mass is 32.1. The van der Waals surface area contributed by atoms with Gasteiger partial charge in [0.25, 0.3) is 0 Å². The molecule has 1 aromatic carbocycles. The number of nitrogens with zero attached hydrogens (tertiary/aromatic N) is 2. The zero-order chi connectivity index (χ0) is 18.7. The van der Waals surface area contributed by atoms with Crippen LogP contribution in [0, 0.1) is 0 Å². The van der Waals surface area contributed by atoms with E-state index in [2.05, 4.69) is 36.4 Å². The Hall–Kier alpha value is -2.66. The van der Waals surface area contributed by atoms with Crippen molar-refractivity contribution in [3.8, 4) is 10.6 Å². The van der Waals surface area contributed by atoms with Crippen molar-refractivity contribution in [3.63, 3.8) is 0 Å². The number of hydrogen-bond acceptors (Lipinski definition) is 5. The maximum atomic E-state index is 12.6. The summed E-state index contributed by atoms with van der Waals surface area (Å²) in [4.78, 5) is 20.3. The molecule has 26 heavy (non-hydrogen) atoms. The van der Waals surface area contributed by atoms with Crippen molar-refractivity contribution >= 4 is 40.1 Å². The van der Waals surface area contributed by atoms with Crippen LogP contribution in [0.3, 0.4) is 0 Å². The Kier molecular flexibility index (Phi) is 5.38. The number of benzene rings is 1. The van der Waals surface area contributed by atoms with Gasteiger partial charge in [-0.05, 0) is 51.1 Å². The van der Waals surface area contributed by atoms with Crippen LogP contribution in [0.2, 0.25) is 0 Å². The van der Waals surface area contributed by atoms with Crippen LogP contribution in [-0.4, -0.2) is 18.1 Å². The molecule has 0 radical (unpaired) electrons. The summed E-state index contributed by atoms with van der Waals surface area (Å²) in [6.45, 7) is 11.8. The average molecular weight is 366 g/mol. The summed E-state index contributed by atoms with van der Waals surface area (Å²) in [5.74, 6) is 0. The van der Waals surface area contributed by atoms with Crippen LogP contribution in [-0.2, 0) is 0 Å². The molecule has 0 fully saturated rings. The Morgan fingerprint density at radius 2 is 2.04 bits per heavy atom. The molecule has 0 aliphatic rings. The highest BCUT2D eigenvalue weighted by Crippen LogP contribution is 2.30. The molecular formula is C21H22N2O2S. The molecule has 0 amide bonds. The van der Waals surface area contributed by atoms with E-state index in [9.17, 15) is 4.79 Å². The fourth-order valence-electron chi connectivity index (χ4n) is 2.91. The topological polar surface area (TPSA) is 46.3 Å². The molecule has 0 N–H and O–H groups in total. The Bertz CT molecular complexity index is 1030. The van der Waals surface area contributed by atoms with Gasteiger partial charge in [-0.1, -0.05) is 12.7 Å². The van der Waals surface area contributed by atoms with E-state index in [-0.39, 0.29) is 5.63 Å². The molecule has 0 unspecified atom stereocenters.